The minimum Gasteiger partial charge on any atom is -0.413 e. The molecule has 1 radical (unpaired) electrons. The Morgan fingerprint density at radius 3 is 2.82 bits per heavy atom. The largest absolute Gasteiger partial charge is 0.488 e. The lowest BCUT2D eigenvalue weighted by molar-refractivity contribution is 0.234. The molecule has 0 aliphatic rings. The standard InChI is InChI=1S/C8H16BO2/c1-3-5-6-8-11-9-10-7-4-2/h4H,2-3,5-8H2,1H3. The van der Waals surface area contributed by atoms with E-state index in [1.54, 1.807) is 6.08 Å². The third-order valence-corrected chi connectivity index (χ3v) is 1.22. The molecule has 0 aromatic rings. The van der Waals surface area contributed by atoms with Crippen molar-refractivity contribution in [3.8, 4) is 0 Å². The first kappa shape index (κ1) is 10.7. The van der Waals surface area contributed by atoms with E-state index in [0.717, 1.165) is 13.0 Å². The molecule has 0 saturated carbocycles. The van der Waals surface area contributed by atoms with Crippen molar-refractivity contribution >= 4 is 7.69 Å². The third-order valence-electron chi connectivity index (χ3n) is 1.22. The first-order valence-electron chi connectivity index (χ1n) is 4.07. The molecule has 0 unspecified atom stereocenters. The topological polar surface area (TPSA) is 18.5 Å². The van der Waals surface area contributed by atoms with Crippen LogP contribution in [-0.2, 0) is 9.31 Å². The molecule has 0 aromatic heterocycles. The van der Waals surface area contributed by atoms with Crippen molar-refractivity contribution in [3.63, 3.8) is 0 Å². The molecule has 0 bridgehead atoms. The third kappa shape index (κ3) is 9.72. The van der Waals surface area contributed by atoms with Gasteiger partial charge in [-0.25, -0.2) is 0 Å². The van der Waals surface area contributed by atoms with E-state index in [1.165, 1.54) is 20.5 Å². The molecule has 63 valence electrons. The van der Waals surface area contributed by atoms with Gasteiger partial charge in [0.25, 0.3) is 0 Å². The second-order valence-electron chi connectivity index (χ2n) is 2.30. The maximum absolute atomic E-state index is 5.04. The first-order valence-corrected chi connectivity index (χ1v) is 4.07. The second kappa shape index (κ2) is 9.72. The van der Waals surface area contributed by atoms with Gasteiger partial charge in [-0.05, 0) is 6.42 Å². The number of unbranched alkanes of at least 4 members (excludes halogenated alkanes) is 2. The van der Waals surface area contributed by atoms with Crippen molar-refractivity contribution in [2.24, 2.45) is 0 Å². The summed E-state index contributed by atoms with van der Waals surface area (Å²) in [6.07, 6.45) is 5.22. The summed E-state index contributed by atoms with van der Waals surface area (Å²) in [7, 11) is 1.39. The van der Waals surface area contributed by atoms with Crippen molar-refractivity contribution < 1.29 is 9.31 Å². The van der Waals surface area contributed by atoms with Gasteiger partial charge in [0.1, 0.15) is 0 Å². The molecule has 2 nitrogen and oxygen atoms in total. The molecule has 0 heterocycles. The Morgan fingerprint density at radius 1 is 1.36 bits per heavy atom. The predicted octanol–water partition coefficient (Wildman–Crippen LogP) is 1.93. The highest BCUT2D eigenvalue weighted by molar-refractivity contribution is 6.17. The van der Waals surface area contributed by atoms with Crippen LogP contribution in [0.25, 0.3) is 0 Å². The van der Waals surface area contributed by atoms with Crippen molar-refractivity contribution in [1.29, 1.82) is 0 Å². The van der Waals surface area contributed by atoms with Crippen LogP contribution >= 0.6 is 0 Å². The first-order chi connectivity index (χ1) is 5.41. The monoisotopic (exact) mass is 155 g/mol. The van der Waals surface area contributed by atoms with Gasteiger partial charge in [0.2, 0.25) is 0 Å². The molecule has 0 aromatic carbocycles. The summed E-state index contributed by atoms with van der Waals surface area (Å²) in [4.78, 5) is 0. The highest BCUT2D eigenvalue weighted by Crippen LogP contribution is 1.93. The van der Waals surface area contributed by atoms with Gasteiger partial charge in [-0.3, -0.25) is 0 Å². The van der Waals surface area contributed by atoms with Crippen LogP contribution in [0.3, 0.4) is 0 Å². The van der Waals surface area contributed by atoms with E-state index in [9.17, 15) is 0 Å². The van der Waals surface area contributed by atoms with Gasteiger partial charge in [0, 0.05) is 13.2 Å². The lowest BCUT2D eigenvalue weighted by Crippen LogP contribution is -2.05. The normalized spacial score (nSPS) is 9.55. The highest BCUT2D eigenvalue weighted by atomic mass is 16.6. The number of hydrogen-bond donors (Lipinski definition) is 0. The van der Waals surface area contributed by atoms with E-state index in [2.05, 4.69) is 13.5 Å². The van der Waals surface area contributed by atoms with Crippen LogP contribution in [-0.4, -0.2) is 20.9 Å². The number of hydrogen-bond acceptors (Lipinski definition) is 2. The average molecular weight is 155 g/mol. The Kier molecular flexibility index (Phi) is 9.48. The molecule has 11 heavy (non-hydrogen) atoms. The molecule has 0 spiro atoms. The lowest BCUT2D eigenvalue weighted by atomic mass is 10.2. The zero-order valence-electron chi connectivity index (χ0n) is 7.21. The molecule has 0 atom stereocenters. The molecule has 0 aliphatic carbocycles. The van der Waals surface area contributed by atoms with Crippen LogP contribution in [0.1, 0.15) is 26.2 Å². The van der Waals surface area contributed by atoms with Crippen molar-refractivity contribution in [3.05, 3.63) is 12.7 Å². The van der Waals surface area contributed by atoms with Crippen LogP contribution in [0.4, 0.5) is 0 Å². The molecule has 0 rings (SSSR count). The summed E-state index contributed by atoms with van der Waals surface area (Å²) in [5, 5.41) is 0. The van der Waals surface area contributed by atoms with E-state index >= 15 is 0 Å². The lowest BCUT2D eigenvalue weighted by Gasteiger charge is -2.00. The zero-order chi connectivity index (χ0) is 8.36. The van der Waals surface area contributed by atoms with Crippen LogP contribution in [0.5, 0.6) is 0 Å². The summed E-state index contributed by atoms with van der Waals surface area (Å²) < 4.78 is 9.94. The maximum atomic E-state index is 5.04. The minimum absolute atomic E-state index is 0.522. The summed E-state index contributed by atoms with van der Waals surface area (Å²) in [5.74, 6) is 0. The smallest absolute Gasteiger partial charge is 0.413 e. The van der Waals surface area contributed by atoms with Gasteiger partial charge in [-0.2, -0.15) is 0 Å². The predicted molar refractivity (Wildman–Crippen MR) is 47.4 cm³/mol. The fourth-order valence-electron chi connectivity index (χ4n) is 0.639. The fourth-order valence-corrected chi connectivity index (χ4v) is 0.639. The summed E-state index contributed by atoms with van der Waals surface area (Å²) >= 11 is 0. The van der Waals surface area contributed by atoms with Crippen molar-refractivity contribution in [2.45, 2.75) is 26.2 Å². The highest BCUT2D eigenvalue weighted by Gasteiger charge is 1.91. The van der Waals surface area contributed by atoms with Gasteiger partial charge in [-0.15, -0.1) is 6.58 Å². The fraction of sp³-hybridized carbons (Fsp3) is 0.750. The number of rotatable bonds is 8. The summed E-state index contributed by atoms with van der Waals surface area (Å²) in [6, 6.07) is 0. The van der Waals surface area contributed by atoms with Gasteiger partial charge >= 0.3 is 7.69 Å². The quantitative estimate of drug-likeness (QED) is 0.303. The van der Waals surface area contributed by atoms with E-state index in [1.807, 2.05) is 0 Å². The average Bonchev–Trinajstić information content (AvgIpc) is 2.03. The van der Waals surface area contributed by atoms with E-state index in [4.69, 9.17) is 9.31 Å². The van der Waals surface area contributed by atoms with Gasteiger partial charge in [0.05, 0.1) is 0 Å². The second-order valence-corrected chi connectivity index (χ2v) is 2.30. The van der Waals surface area contributed by atoms with Crippen molar-refractivity contribution in [1.82, 2.24) is 0 Å². The van der Waals surface area contributed by atoms with E-state index in [-0.39, 0.29) is 0 Å². The Morgan fingerprint density at radius 2 is 2.18 bits per heavy atom. The molecule has 0 fully saturated rings. The molecule has 3 heteroatoms. The van der Waals surface area contributed by atoms with E-state index < -0.39 is 0 Å². The van der Waals surface area contributed by atoms with Gasteiger partial charge < -0.3 is 9.31 Å². The van der Waals surface area contributed by atoms with Crippen LogP contribution in [0.15, 0.2) is 12.7 Å². The molecule has 0 N–H and O–H groups in total. The maximum Gasteiger partial charge on any atom is 0.488 e. The van der Waals surface area contributed by atoms with Gasteiger partial charge in [0.15, 0.2) is 0 Å². The molecular weight excluding hydrogens is 139 g/mol. The molecule has 0 aliphatic heterocycles. The Hall–Kier alpha value is -0.275. The van der Waals surface area contributed by atoms with E-state index in [0.29, 0.717) is 6.61 Å². The Bertz CT molecular complexity index is 86.2. The molecule has 0 amide bonds. The summed E-state index contributed by atoms with van der Waals surface area (Å²) in [6.45, 7) is 6.95. The van der Waals surface area contributed by atoms with Crippen LogP contribution in [0, 0.1) is 0 Å². The zero-order valence-corrected chi connectivity index (χ0v) is 7.21. The van der Waals surface area contributed by atoms with Crippen LogP contribution in [0.2, 0.25) is 0 Å². The molecule has 0 saturated heterocycles. The van der Waals surface area contributed by atoms with Gasteiger partial charge in [-0.1, -0.05) is 25.8 Å². The Balaban J connectivity index is 2.74. The summed E-state index contributed by atoms with van der Waals surface area (Å²) in [5.41, 5.74) is 0. The minimum atomic E-state index is 0.522. The SMILES string of the molecule is C=CCO[B]OCCCCC. The molecular formula is C8H16BO2. The van der Waals surface area contributed by atoms with Crippen LogP contribution < -0.4 is 0 Å². The Labute approximate surface area is 69.9 Å². The van der Waals surface area contributed by atoms with Crippen molar-refractivity contribution in [2.75, 3.05) is 13.2 Å².